The van der Waals surface area contributed by atoms with E-state index >= 15 is 0 Å². The summed E-state index contributed by atoms with van der Waals surface area (Å²) in [5, 5.41) is 0. The second-order valence-corrected chi connectivity index (χ2v) is 5.08. The Morgan fingerprint density at radius 2 is 1.81 bits per heavy atom. The van der Waals surface area contributed by atoms with E-state index in [1.54, 1.807) is 11.8 Å². The molecule has 1 saturated heterocycles. The van der Waals surface area contributed by atoms with E-state index in [4.69, 9.17) is 10.5 Å². The van der Waals surface area contributed by atoms with E-state index < -0.39 is 12.1 Å². The Morgan fingerprint density at radius 1 is 1.19 bits per heavy atom. The second kappa shape index (κ2) is 7.01. The van der Waals surface area contributed by atoms with Crippen LogP contribution in [0.5, 0.6) is 0 Å². The highest BCUT2D eigenvalue weighted by molar-refractivity contribution is 5.94. The van der Waals surface area contributed by atoms with Gasteiger partial charge in [-0.05, 0) is 19.8 Å². The SMILES string of the molecule is CC(OC(=O)c1nccnc1N)C(=O)N1CCCCCC1. The van der Waals surface area contributed by atoms with Crippen LogP contribution < -0.4 is 5.73 Å². The number of nitrogen functional groups attached to an aromatic ring is 1. The molecule has 114 valence electrons. The molecule has 1 unspecified atom stereocenters. The van der Waals surface area contributed by atoms with Crippen LogP contribution in [0.2, 0.25) is 0 Å². The maximum absolute atomic E-state index is 12.3. The summed E-state index contributed by atoms with van der Waals surface area (Å²) in [6.45, 7) is 3.00. The molecule has 1 aromatic rings. The third kappa shape index (κ3) is 3.90. The van der Waals surface area contributed by atoms with Gasteiger partial charge in [-0.2, -0.15) is 0 Å². The van der Waals surface area contributed by atoms with Crippen LogP contribution in [0.25, 0.3) is 0 Å². The molecule has 1 atom stereocenters. The maximum Gasteiger partial charge on any atom is 0.361 e. The van der Waals surface area contributed by atoms with Crippen LogP contribution in [-0.4, -0.2) is 45.9 Å². The van der Waals surface area contributed by atoms with Gasteiger partial charge in [0.15, 0.2) is 17.6 Å². The minimum absolute atomic E-state index is 0.00285. The first kappa shape index (κ1) is 15.2. The van der Waals surface area contributed by atoms with Crippen molar-refractivity contribution in [2.75, 3.05) is 18.8 Å². The fraction of sp³-hybridized carbons (Fsp3) is 0.571. The zero-order chi connectivity index (χ0) is 15.2. The average Bonchev–Trinajstić information content (AvgIpc) is 2.75. The van der Waals surface area contributed by atoms with Crippen LogP contribution in [0.15, 0.2) is 12.4 Å². The Hall–Kier alpha value is -2.18. The molecule has 2 N–H and O–H groups in total. The first-order chi connectivity index (χ1) is 10.1. The molecule has 1 fully saturated rings. The summed E-state index contributed by atoms with van der Waals surface area (Å²) in [5.74, 6) is -0.902. The van der Waals surface area contributed by atoms with E-state index in [9.17, 15) is 9.59 Å². The number of likely N-dealkylation sites (tertiary alicyclic amines) is 1. The monoisotopic (exact) mass is 292 g/mol. The second-order valence-electron chi connectivity index (χ2n) is 5.08. The number of rotatable bonds is 3. The predicted molar refractivity (Wildman–Crippen MR) is 76.4 cm³/mol. The van der Waals surface area contributed by atoms with Gasteiger partial charge in [-0.3, -0.25) is 4.79 Å². The van der Waals surface area contributed by atoms with Gasteiger partial charge in [-0.25, -0.2) is 14.8 Å². The highest BCUT2D eigenvalue weighted by Gasteiger charge is 2.26. The third-order valence-electron chi connectivity index (χ3n) is 3.47. The number of hydrogen-bond donors (Lipinski definition) is 1. The van der Waals surface area contributed by atoms with Gasteiger partial charge in [-0.15, -0.1) is 0 Å². The van der Waals surface area contributed by atoms with Crippen molar-refractivity contribution < 1.29 is 14.3 Å². The summed E-state index contributed by atoms with van der Waals surface area (Å²) in [4.78, 5) is 33.6. The highest BCUT2D eigenvalue weighted by Crippen LogP contribution is 2.13. The molecule has 1 aromatic heterocycles. The number of amides is 1. The van der Waals surface area contributed by atoms with E-state index in [1.165, 1.54) is 12.4 Å². The number of nitrogens with two attached hydrogens (primary N) is 1. The number of aromatic nitrogens is 2. The number of hydrogen-bond acceptors (Lipinski definition) is 6. The van der Waals surface area contributed by atoms with Gasteiger partial charge in [-0.1, -0.05) is 12.8 Å². The largest absolute Gasteiger partial charge is 0.448 e. The zero-order valence-corrected chi connectivity index (χ0v) is 12.1. The van der Waals surface area contributed by atoms with Crippen LogP contribution in [0.4, 0.5) is 5.82 Å². The van der Waals surface area contributed by atoms with Gasteiger partial charge in [0.25, 0.3) is 5.91 Å². The number of carbonyl (C=O) groups excluding carboxylic acids is 2. The first-order valence-electron chi connectivity index (χ1n) is 7.16. The first-order valence-corrected chi connectivity index (χ1v) is 7.16. The summed E-state index contributed by atoms with van der Waals surface area (Å²) in [6, 6.07) is 0. The van der Waals surface area contributed by atoms with E-state index in [2.05, 4.69) is 9.97 Å². The Labute approximate surface area is 123 Å². The molecule has 1 aliphatic rings. The summed E-state index contributed by atoms with van der Waals surface area (Å²) in [5.41, 5.74) is 5.50. The number of esters is 1. The molecule has 7 heteroatoms. The molecule has 1 amide bonds. The van der Waals surface area contributed by atoms with Crippen molar-refractivity contribution in [1.82, 2.24) is 14.9 Å². The average molecular weight is 292 g/mol. The standard InChI is InChI=1S/C14H20N4O3/c1-10(13(19)18-8-4-2-3-5-9-18)21-14(20)11-12(15)17-7-6-16-11/h6-7,10H,2-5,8-9H2,1H3,(H2,15,17). The zero-order valence-electron chi connectivity index (χ0n) is 12.1. The Kier molecular flexibility index (Phi) is 5.08. The molecule has 0 bridgehead atoms. The van der Waals surface area contributed by atoms with Crippen LogP contribution >= 0.6 is 0 Å². The van der Waals surface area contributed by atoms with Crippen LogP contribution in [0, 0.1) is 0 Å². The molecule has 0 aliphatic carbocycles. The molecule has 0 aromatic carbocycles. The number of ether oxygens (including phenoxy) is 1. The smallest absolute Gasteiger partial charge is 0.361 e. The van der Waals surface area contributed by atoms with Gasteiger partial charge in [0.1, 0.15) is 0 Å². The van der Waals surface area contributed by atoms with Crippen molar-refractivity contribution in [3.05, 3.63) is 18.1 Å². The Morgan fingerprint density at radius 3 is 2.43 bits per heavy atom. The number of nitrogens with zero attached hydrogens (tertiary/aromatic N) is 3. The molecule has 2 heterocycles. The van der Waals surface area contributed by atoms with Crippen molar-refractivity contribution in [1.29, 1.82) is 0 Å². The van der Waals surface area contributed by atoms with Gasteiger partial charge < -0.3 is 15.4 Å². The molecular formula is C14H20N4O3. The topological polar surface area (TPSA) is 98.4 Å². The third-order valence-corrected chi connectivity index (χ3v) is 3.47. The molecule has 1 aliphatic heterocycles. The molecule has 0 radical (unpaired) electrons. The van der Waals surface area contributed by atoms with Gasteiger partial charge in [0, 0.05) is 25.5 Å². The highest BCUT2D eigenvalue weighted by atomic mass is 16.5. The lowest BCUT2D eigenvalue weighted by Gasteiger charge is -2.23. The summed E-state index contributed by atoms with van der Waals surface area (Å²) in [6.07, 6.45) is 6.14. The van der Waals surface area contributed by atoms with E-state index in [0.717, 1.165) is 25.7 Å². The fourth-order valence-electron chi connectivity index (χ4n) is 2.32. The van der Waals surface area contributed by atoms with Crippen LogP contribution in [0.3, 0.4) is 0 Å². The molecule has 21 heavy (non-hydrogen) atoms. The number of anilines is 1. The van der Waals surface area contributed by atoms with Crippen molar-refractivity contribution in [3.8, 4) is 0 Å². The minimum Gasteiger partial charge on any atom is -0.448 e. The Bertz CT molecular complexity index is 513. The molecule has 2 rings (SSSR count). The fourth-order valence-corrected chi connectivity index (χ4v) is 2.32. The lowest BCUT2D eigenvalue weighted by atomic mass is 10.2. The molecule has 7 nitrogen and oxygen atoms in total. The normalized spacial score (nSPS) is 16.9. The van der Waals surface area contributed by atoms with E-state index in [-0.39, 0.29) is 17.4 Å². The molecule has 0 saturated carbocycles. The maximum atomic E-state index is 12.3. The lowest BCUT2D eigenvalue weighted by Crippen LogP contribution is -2.40. The van der Waals surface area contributed by atoms with Crippen molar-refractivity contribution >= 4 is 17.7 Å². The quantitative estimate of drug-likeness (QED) is 0.835. The summed E-state index contributed by atoms with van der Waals surface area (Å²) >= 11 is 0. The number of carbonyl (C=O) groups is 2. The summed E-state index contributed by atoms with van der Waals surface area (Å²) < 4.78 is 5.16. The van der Waals surface area contributed by atoms with Crippen molar-refractivity contribution in [2.24, 2.45) is 0 Å². The van der Waals surface area contributed by atoms with Crippen LogP contribution in [0.1, 0.15) is 43.1 Å². The van der Waals surface area contributed by atoms with Gasteiger partial charge >= 0.3 is 5.97 Å². The van der Waals surface area contributed by atoms with Crippen molar-refractivity contribution in [3.63, 3.8) is 0 Å². The van der Waals surface area contributed by atoms with Gasteiger partial charge in [0.05, 0.1) is 0 Å². The predicted octanol–water partition coefficient (Wildman–Crippen LogP) is 1.01. The lowest BCUT2D eigenvalue weighted by molar-refractivity contribution is -0.139. The minimum atomic E-state index is -0.850. The Balaban J connectivity index is 1.97. The van der Waals surface area contributed by atoms with Gasteiger partial charge in [0.2, 0.25) is 0 Å². The van der Waals surface area contributed by atoms with E-state index in [0.29, 0.717) is 13.1 Å². The summed E-state index contributed by atoms with van der Waals surface area (Å²) in [7, 11) is 0. The molecule has 0 spiro atoms. The molecular weight excluding hydrogens is 272 g/mol. The van der Waals surface area contributed by atoms with Crippen LogP contribution in [-0.2, 0) is 9.53 Å². The van der Waals surface area contributed by atoms with Crippen molar-refractivity contribution in [2.45, 2.75) is 38.7 Å². The van der Waals surface area contributed by atoms with E-state index in [1.807, 2.05) is 0 Å².